The maximum absolute atomic E-state index is 12.9. The molecule has 0 radical (unpaired) electrons. The highest BCUT2D eigenvalue weighted by molar-refractivity contribution is 7.91. The third kappa shape index (κ3) is 4.57. The first-order valence-corrected chi connectivity index (χ1v) is 11.5. The van der Waals surface area contributed by atoms with Crippen LogP contribution < -0.4 is 4.90 Å². The number of amides is 1. The van der Waals surface area contributed by atoms with Crippen molar-refractivity contribution in [1.82, 2.24) is 19.8 Å². The Bertz CT molecular complexity index is 790. The first kappa shape index (κ1) is 20.0. The van der Waals surface area contributed by atoms with E-state index < -0.39 is 9.84 Å². The van der Waals surface area contributed by atoms with Crippen LogP contribution in [0.25, 0.3) is 0 Å². The van der Waals surface area contributed by atoms with Gasteiger partial charge in [0.05, 0.1) is 11.5 Å². The zero-order valence-corrected chi connectivity index (χ0v) is 17.2. The van der Waals surface area contributed by atoms with Gasteiger partial charge < -0.3 is 14.7 Å². The van der Waals surface area contributed by atoms with Crippen LogP contribution in [-0.2, 0) is 9.84 Å². The molecule has 1 aromatic heterocycles. The Morgan fingerprint density at radius 2 is 1.93 bits per heavy atom. The second-order valence-corrected chi connectivity index (χ2v) is 9.46. The molecule has 2 aliphatic rings. The minimum Gasteiger partial charge on any atom is -0.353 e. The number of likely N-dealkylation sites (N-methyl/N-ethyl adjacent to an activating group) is 1. The number of anilines is 1. The van der Waals surface area contributed by atoms with Gasteiger partial charge in [0.2, 0.25) is 0 Å². The van der Waals surface area contributed by atoms with E-state index in [9.17, 15) is 13.2 Å². The molecule has 2 fully saturated rings. The van der Waals surface area contributed by atoms with Gasteiger partial charge in [0, 0.05) is 44.8 Å². The Morgan fingerprint density at radius 3 is 2.48 bits per heavy atom. The van der Waals surface area contributed by atoms with E-state index in [0.717, 1.165) is 19.6 Å². The highest BCUT2D eigenvalue weighted by Crippen LogP contribution is 2.24. The van der Waals surface area contributed by atoms with Crippen LogP contribution in [0.1, 0.15) is 36.6 Å². The quantitative estimate of drug-likeness (QED) is 0.721. The maximum atomic E-state index is 12.9. The average molecular weight is 396 g/mol. The van der Waals surface area contributed by atoms with Crippen LogP contribution in [0.3, 0.4) is 0 Å². The molecule has 1 aromatic rings. The second kappa shape index (κ2) is 8.10. The lowest BCUT2D eigenvalue weighted by Crippen LogP contribution is -2.48. The summed E-state index contributed by atoms with van der Waals surface area (Å²) in [4.78, 5) is 27.9. The van der Waals surface area contributed by atoms with Crippen molar-refractivity contribution >= 4 is 21.6 Å². The summed E-state index contributed by atoms with van der Waals surface area (Å²) in [5.74, 6) is 1.45. The molecule has 3 rings (SSSR count). The van der Waals surface area contributed by atoms with Crippen molar-refractivity contribution in [1.29, 1.82) is 0 Å². The molecule has 1 amide bonds. The number of sulfone groups is 1. The van der Waals surface area contributed by atoms with E-state index >= 15 is 0 Å². The monoisotopic (exact) mass is 395 g/mol. The van der Waals surface area contributed by atoms with E-state index in [1.54, 1.807) is 13.0 Å². The number of piperazine rings is 1. The smallest absolute Gasteiger partial charge is 0.272 e. The minimum atomic E-state index is -2.98. The Hall–Kier alpha value is -1.74. The van der Waals surface area contributed by atoms with Gasteiger partial charge in [0.1, 0.15) is 17.3 Å². The molecule has 0 spiro atoms. The third-order valence-corrected chi connectivity index (χ3v) is 7.18. The normalized spacial score (nSPS) is 22.8. The molecule has 1 unspecified atom stereocenters. The highest BCUT2D eigenvalue weighted by Gasteiger charge is 2.33. The summed E-state index contributed by atoms with van der Waals surface area (Å²) in [6.45, 7) is 10.7. The SMILES string of the molecule is CCN1CCN(C(=O)c2cc(N(CC)C3CCS(=O)(=O)C3)nc(C)n2)CC1. The fraction of sp³-hybridized carbons (Fsp3) is 0.722. The van der Waals surface area contributed by atoms with Crippen molar-refractivity contribution in [2.75, 3.05) is 55.7 Å². The van der Waals surface area contributed by atoms with E-state index in [4.69, 9.17) is 0 Å². The number of rotatable bonds is 5. The predicted octanol–water partition coefficient (Wildman–Crippen LogP) is 0.576. The fourth-order valence-electron chi connectivity index (χ4n) is 3.87. The van der Waals surface area contributed by atoms with Crippen molar-refractivity contribution in [3.05, 3.63) is 17.6 Å². The number of hydrogen-bond donors (Lipinski definition) is 0. The van der Waals surface area contributed by atoms with Crippen molar-refractivity contribution in [2.45, 2.75) is 33.2 Å². The molecule has 0 N–H and O–H groups in total. The third-order valence-electron chi connectivity index (χ3n) is 5.43. The van der Waals surface area contributed by atoms with Crippen LogP contribution in [0.5, 0.6) is 0 Å². The number of hydrogen-bond acceptors (Lipinski definition) is 7. The first-order valence-electron chi connectivity index (χ1n) is 9.67. The predicted molar refractivity (Wildman–Crippen MR) is 105 cm³/mol. The average Bonchev–Trinajstić information content (AvgIpc) is 3.01. The molecule has 27 heavy (non-hydrogen) atoms. The number of carbonyl (C=O) groups is 1. The summed E-state index contributed by atoms with van der Waals surface area (Å²) in [7, 11) is -2.98. The van der Waals surface area contributed by atoms with Crippen molar-refractivity contribution < 1.29 is 13.2 Å². The molecule has 3 heterocycles. The van der Waals surface area contributed by atoms with E-state index in [1.807, 2.05) is 16.7 Å². The minimum absolute atomic E-state index is 0.0763. The van der Waals surface area contributed by atoms with Gasteiger partial charge in [-0.15, -0.1) is 0 Å². The lowest BCUT2D eigenvalue weighted by atomic mass is 10.2. The van der Waals surface area contributed by atoms with Crippen molar-refractivity contribution in [3.63, 3.8) is 0 Å². The summed E-state index contributed by atoms with van der Waals surface area (Å²) in [6, 6.07) is 1.63. The number of nitrogens with zero attached hydrogens (tertiary/aromatic N) is 5. The molecule has 0 aromatic carbocycles. The maximum Gasteiger partial charge on any atom is 0.272 e. The van der Waals surface area contributed by atoms with Crippen LogP contribution in [0, 0.1) is 6.92 Å². The van der Waals surface area contributed by atoms with Gasteiger partial charge in [-0.05, 0) is 26.8 Å². The Labute approximate surface area is 161 Å². The zero-order chi connectivity index (χ0) is 19.6. The van der Waals surface area contributed by atoms with E-state index in [1.165, 1.54) is 0 Å². The molecule has 0 aliphatic carbocycles. The highest BCUT2D eigenvalue weighted by atomic mass is 32.2. The van der Waals surface area contributed by atoms with Gasteiger partial charge in [0.15, 0.2) is 9.84 Å². The molecule has 9 heteroatoms. The molecule has 1 atom stereocenters. The number of aryl methyl sites for hydroxylation is 1. The second-order valence-electron chi connectivity index (χ2n) is 7.23. The largest absolute Gasteiger partial charge is 0.353 e. The summed E-state index contributed by atoms with van der Waals surface area (Å²) in [5.41, 5.74) is 0.391. The summed E-state index contributed by atoms with van der Waals surface area (Å²) < 4.78 is 23.7. The van der Waals surface area contributed by atoms with Gasteiger partial charge >= 0.3 is 0 Å². The van der Waals surface area contributed by atoms with Crippen LogP contribution in [0.4, 0.5) is 5.82 Å². The molecule has 0 bridgehead atoms. The molecule has 2 aliphatic heterocycles. The van der Waals surface area contributed by atoms with Gasteiger partial charge in [-0.2, -0.15) is 0 Å². The van der Waals surface area contributed by atoms with Gasteiger partial charge in [-0.3, -0.25) is 4.79 Å². The molecular formula is C18H29N5O3S. The van der Waals surface area contributed by atoms with Gasteiger partial charge in [-0.1, -0.05) is 6.92 Å². The van der Waals surface area contributed by atoms with Crippen LogP contribution in [0.2, 0.25) is 0 Å². The molecule has 0 saturated carbocycles. The molecule has 8 nitrogen and oxygen atoms in total. The Morgan fingerprint density at radius 1 is 1.22 bits per heavy atom. The van der Waals surface area contributed by atoms with Gasteiger partial charge in [0.25, 0.3) is 5.91 Å². The van der Waals surface area contributed by atoms with Crippen LogP contribution >= 0.6 is 0 Å². The molecule has 150 valence electrons. The number of aromatic nitrogens is 2. The summed E-state index contributed by atoms with van der Waals surface area (Å²) in [6.07, 6.45) is 0.599. The summed E-state index contributed by atoms with van der Waals surface area (Å²) in [5, 5.41) is 0. The van der Waals surface area contributed by atoms with E-state index in [0.29, 0.717) is 43.4 Å². The van der Waals surface area contributed by atoms with Crippen LogP contribution in [0.15, 0.2) is 6.07 Å². The van der Waals surface area contributed by atoms with Gasteiger partial charge in [-0.25, -0.2) is 18.4 Å². The Kier molecular flexibility index (Phi) is 6.00. The standard InChI is InChI=1S/C18H29N5O3S/c1-4-21-7-9-22(10-8-21)18(24)16-12-17(20-14(3)19-16)23(5-2)15-6-11-27(25,26)13-15/h12,15H,4-11,13H2,1-3H3. The molecular weight excluding hydrogens is 366 g/mol. The van der Waals surface area contributed by atoms with E-state index in [-0.39, 0.29) is 23.5 Å². The zero-order valence-electron chi connectivity index (χ0n) is 16.4. The Balaban J connectivity index is 1.80. The van der Waals surface area contributed by atoms with Crippen molar-refractivity contribution in [2.24, 2.45) is 0 Å². The van der Waals surface area contributed by atoms with Crippen molar-refractivity contribution in [3.8, 4) is 0 Å². The van der Waals surface area contributed by atoms with Crippen LogP contribution in [-0.4, -0.2) is 90.9 Å². The first-order chi connectivity index (χ1) is 12.8. The summed E-state index contributed by atoms with van der Waals surface area (Å²) >= 11 is 0. The molecule has 2 saturated heterocycles. The van der Waals surface area contributed by atoms with E-state index in [2.05, 4.69) is 21.8 Å². The number of carbonyl (C=O) groups excluding carboxylic acids is 1. The lowest BCUT2D eigenvalue weighted by molar-refractivity contribution is 0.0637. The topological polar surface area (TPSA) is 86.7 Å². The lowest BCUT2D eigenvalue weighted by Gasteiger charge is -2.34. The fourth-order valence-corrected chi connectivity index (χ4v) is 5.60.